The maximum absolute atomic E-state index is 6.24. The van der Waals surface area contributed by atoms with Crippen molar-refractivity contribution >= 4 is 27.3 Å². The molecule has 2 nitrogen and oxygen atoms in total. The Labute approximate surface area is 103 Å². The van der Waals surface area contributed by atoms with E-state index in [9.17, 15) is 0 Å². The minimum Gasteiger partial charge on any atom is -0.376 e. The van der Waals surface area contributed by atoms with Crippen molar-refractivity contribution in [3.8, 4) is 0 Å². The topological polar surface area (TPSA) is 35.2 Å². The molecule has 1 saturated heterocycles. The molecule has 0 spiro atoms. The first-order valence-corrected chi connectivity index (χ1v) is 6.83. The average molecular weight is 290 g/mol. The van der Waals surface area contributed by atoms with E-state index in [2.05, 4.69) is 35.8 Å². The quantitative estimate of drug-likeness (QED) is 0.907. The lowest BCUT2D eigenvalue weighted by Crippen LogP contribution is -2.29. The number of nitrogens with two attached hydrogens (primary N) is 1. The predicted octanol–water partition coefficient (Wildman–Crippen LogP) is 3.24. The third kappa shape index (κ3) is 2.28. The fraction of sp³-hybridized carbons (Fsp3) is 0.636. The zero-order valence-electron chi connectivity index (χ0n) is 9.00. The predicted molar refractivity (Wildman–Crippen MR) is 67.2 cm³/mol. The van der Waals surface area contributed by atoms with Gasteiger partial charge in [-0.3, -0.25) is 0 Å². The highest BCUT2D eigenvalue weighted by Gasteiger charge is 2.31. The Balaban J connectivity index is 2.16. The highest BCUT2D eigenvalue weighted by Crippen LogP contribution is 2.35. The molecule has 0 amide bonds. The Bertz CT molecular complexity index is 333. The van der Waals surface area contributed by atoms with Crippen LogP contribution in [0.1, 0.15) is 29.1 Å². The van der Waals surface area contributed by atoms with E-state index in [0.717, 1.165) is 17.5 Å². The first-order chi connectivity index (χ1) is 7.09. The molecular formula is C11H16BrNOS. The first-order valence-electron chi connectivity index (χ1n) is 5.22. The fourth-order valence-electron chi connectivity index (χ4n) is 1.98. The van der Waals surface area contributed by atoms with E-state index in [1.54, 1.807) is 11.3 Å². The third-order valence-electron chi connectivity index (χ3n) is 3.00. The smallest absolute Gasteiger partial charge is 0.0801 e. The number of hydrogen-bond donors (Lipinski definition) is 1. The molecule has 1 aliphatic heterocycles. The lowest BCUT2D eigenvalue weighted by Gasteiger charge is -2.21. The van der Waals surface area contributed by atoms with Gasteiger partial charge in [0.2, 0.25) is 0 Å². The summed E-state index contributed by atoms with van der Waals surface area (Å²) in [5.74, 6) is 0.571. The van der Waals surface area contributed by atoms with Crippen LogP contribution in [0, 0.1) is 12.8 Å². The summed E-state index contributed by atoms with van der Waals surface area (Å²) < 4.78 is 6.85. The molecule has 2 N–H and O–H groups in total. The largest absolute Gasteiger partial charge is 0.376 e. The zero-order valence-corrected chi connectivity index (χ0v) is 11.4. The Kier molecular flexibility index (Phi) is 3.50. The van der Waals surface area contributed by atoms with Gasteiger partial charge in [-0.25, -0.2) is 0 Å². The Morgan fingerprint density at radius 2 is 2.40 bits per heavy atom. The van der Waals surface area contributed by atoms with Gasteiger partial charge >= 0.3 is 0 Å². The molecule has 1 aromatic rings. The molecule has 0 saturated carbocycles. The molecule has 4 heteroatoms. The second-order valence-electron chi connectivity index (χ2n) is 4.18. The van der Waals surface area contributed by atoms with Crippen molar-refractivity contribution < 1.29 is 4.74 Å². The van der Waals surface area contributed by atoms with Crippen LogP contribution in [0.5, 0.6) is 0 Å². The van der Waals surface area contributed by atoms with E-state index in [0.29, 0.717) is 5.92 Å². The molecule has 3 atom stereocenters. The summed E-state index contributed by atoms with van der Waals surface area (Å²) in [7, 11) is 0. The standard InChI is InChI=1S/C11H16BrNOS/c1-6-3-4-14-11(6)10(13)9-5-8(12)7(2)15-9/h5-6,10-11H,3-4,13H2,1-2H3. The summed E-state index contributed by atoms with van der Waals surface area (Å²) in [5, 5.41) is 0. The van der Waals surface area contributed by atoms with Gasteiger partial charge in [-0.1, -0.05) is 6.92 Å². The van der Waals surface area contributed by atoms with Crippen molar-refractivity contribution in [3.63, 3.8) is 0 Å². The molecule has 0 aliphatic carbocycles. The van der Waals surface area contributed by atoms with E-state index in [1.165, 1.54) is 9.75 Å². The molecule has 0 bridgehead atoms. The van der Waals surface area contributed by atoms with Crippen LogP contribution in [0.3, 0.4) is 0 Å². The van der Waals surface area contributed by atoms with E-state index in [4.69, 9.17) is 10.5 Å². The van der Waals surface area contributed by atoms with E-state index in [-0.39, 0.29) is 12.1 Å². The molecule has 0 radical (unpaired) electrons. The maximum Gasteiger partial charge on any atom is 0.0801 e. The number of aryl methyl sites for hydroxylation is 1. The van der Waals surface area contributed by atoms with Crippen LogP contribution in [0.4, 0.5) is 0 Å². The molecule has 2 heterocycles. The van der Waals surface area contributed by atoms with Crippen LogP contribution in [0.15, 0.2) is 10.5 Å². The van der Waals surface area contributed by atoms with Crippen LogP contribution in [0.2, 0.25) is 0 Å². The van der Waals surface area contributed by atoms with Gasteiger partial charge in [-0.2, -0.15) is 0 Å². The molecular weight excluding hydrogens is 274 g/mol. The molecule has 3 unspecified atom stereocenters. The van der Waals surface area contributed by atoms with E-state index >= 15 is 0 Å². The summed E-state index contributed by atoms with van der Waals surface area (Å²) in [4.78, 5) is 2.50. The second-order valence-corrected chi connectivity index (χ2v) is 6.32. The van der Waals surface area contributed by atoms with Crippen molar-refractivity contribution in [1.82, 2.24) is 0 Å². The molecule has 0 aromatic carbocycles. The lowest BCUT2D eigenvalue weighted by atomic mass is 9.97. The van der Waals surface area contributed by atoms with Gasteiger partial charge in [0.25, 0.3) is 0 Å². The van der Waals surface area contributed by atoms with Crippen molar-refractivity contribution in [2.24, 2.45) is 11.7 Å². The summed E-state index contributed by atoms with van der Waals surface area (Å²) >= 11 is 5.28. The van der Waals surface area contributed by atoms with Crippen molar-refractivity contribution in [2.75, 3.05) is 6.61 Å². The van der Waals surface area contributed by atoms with Crippen molar-refractivity contribution in [1.29, 1.82) is 0 Å². The molecule has 2 rings (SSSR count). The monoisotopic (exact) mass is 289 g/mol. The van der Waals surface area contributed by atoms with Gasteiger partial charge in [0.05, 0.1) is 12.1 Å². The lowest BCUT2D eigenvalue weighted by molar-refractivity contribution is 0.0734. The first kappa shape index (κ1) is 11.6. The summed E-state index contributed by atoms with van der Waals surface area (Å²) in [5.41, 5.74) is 6.24. The molecule has 1 aliphatic rings. The third-order valence-corrected chi connectivity index (χ3v) is 5.24. The second kappa shape index (κ2) is 4.53. The van der Waals surface area contributed by atoms with Gasteiger partial charge in [0, 0.05) is 20.8 Å². The maximum atomic E-state index is 6.24. The van der Waals surface area contributed by atoms with Gasteiger partial charge in [0.1, 0.15) is 0 Å². The van der Waals surface area contributed by atoms with Crippen LogP contribution in [0.25, 0.3) is 0 Å². The Morgan fingerprint density at radius 3 is 2.87 bits per heavy atom. The molecule has 15 heavy (non-hydrogen) atoms. The normalized spacial score (nSPS) is 28.3. The Hall–Kier alpha value is 0.100. The number of halogens is 1. The Morgan fingerprint density at radius 1 is 1.67 bits per heavy atom. The van der Waals surface area contributed by atoms with E-state index in [1.807, 2.05) is 0 Å². The summed E-state index contributed by atoms with van der Waals surface area (Å²) in [6, 6.07) is 2.15. The number of hydrogen-bond acceptors (Lipinski definition) is 3. The van der Waals surface area contributed by atoms with Crippen molar-refractivity contribution in [2.45, 2.75) is 32.4 Å². The fourth-order valence-corrected chi connectivity index (χ4v) is 3.58. The highest BCUT2D eigenvalue weighted by molar-refractivity contribution is 9.10. The molecule has 1 aromatic heterocycles. The highest BCUT2D eigenvalue weighted by atomic mass is 79.9. The zero-order chi connectivity index (χ0) is 11.0. The van der Waals surface area contributed by atoms with Gasteiger partial charge in [-0.05, 0) is 41.3 Å². The van der Waals surface area contributed by atoms with Gasteiger partial charge in [0.15, 0.2) is 0 Å². The SMILES string of the molecule is Cc1sc(C(N)C2OCCC2C)cc1Br. The van der Waals surface area contributed by atoms with Gasteiger partial charge in [-0.15, -0.1) is 11.3 Å². The van der Waals surface area contributed by atoms with Gasteiger partial charge < -0.3 is 10.5 Å². The average Bonchev–Trinajstić information content (AvgIpc) is 2.74. The number of ether oxygens (including phenoxy) is 1. The van der Waals surface area contributed by atoms with Crippen LogP contribution in [-0.4, -0.2) is 12.7 Å². The molecule has 1 fully saturated rings. The van der Waals surface area contributed by atoms with Crippen molar-refractivity contribution in [3.05, 3.63) is 20.3 Å². The molecule has 84 valence electrons. The minimum absolute atomic E-state index is 0.0255. The minimum atomic E-state index is 0.0255. The van der Waals surface area contributed by atoms with E-state index < -0.39 is 0 Å². The number of thiophene rings is 1. The van der Waals surface area contributed by atoms with Crippen LogP contribution in [-0.2, 0) is 4.74 Å². The summed E-state index contributed by atoms with van der Waals surface area (Å²) in [6.45, 7) is 5.17. The van der Waals surface area contributed by atoms with Crippen LogP contribution < -0.4 is 5.73 Å². The van der Waals surface area contributed by atoms with Crippen LogP contribution >= 0.6 is 27.3 Å². The number of rotatable bonds is 2. The summed E-state index contributed by atoms with van der Waals surface area (Å²) in [6.07, 6.45) is 1.32.